The summed E-state index contributed by atoms with van der Waals surface area (Å²) < 4.78 is 19.1. The summed E-state index contributed by atoms with van der Waals surface area (Å²) in [4.78, 5) is 0. The first-order chi connectivity index (χ1) is 9.76. The van der Waals surface area contributed by atoms with Crippen LogP contribution in [0.25, 0.3) is 11.0 Å². The Morgan fingerprint density at radius 3 is 2.95 bits per heavy atom. The Morgan fingerprint density at radius 2 is 2.20 bits per heavy atom. The van der Waals surface area contributed by atoms with Crippen molar-refractivity contribution in [2.24, 2.45) is 0 Å². The van der Waals surface area contributed by atoms with Gasteiger partial charge in [-0.1, -0.05) is 6.92 Å². The number of halogens is 1. The maximum atomic E-state index is 13.2. The van der Waals surface area contributed by atoms with Gasteiger partial charge in [0, 0.05) is 5.39 Å². The first kappa shape index (κ1) is 13.3. The van der Waals surface area contributed by atoms with Crippen LogP contribution >= 0.6 is 11.3 Å². The summed E-state index contributed by atoms with van der Waals surface area (Å²) in [6, 6.07) is 8.79. The SMILES string of the molecule is CCNC(Cc1ccsc1)c1cc2cc(F)ccc2o1. The van der Waals surface area contributed by atoms with Crippen LogP contribution in [0.5, 0.6) is 0 Å². The standard InChI is InChI=1S/C16H16FNOS/c1-2-18-14(7-11-5-6-20-10-11)16-9-12-8-13(17)3-4-15(12)19-16/h3-6,8-10,14,18H,2,7H2,1H3. The van der Waals surface area contributed by atoms with E-state index in [9.17, 15) is 4.39 Å². The maximum absolute atomic E-state index is 13.2. The van der Waals surface area contributed by atoms with Gasteiger partial charge in [0.2, 0.25) is 0 Å². The lowest BCUT2D eigenvalue weighted by atomic mass is 10.1. The minimum atomic E-state index is -0.234. The van der Waals surface area contributed by atoms with Crippen LogP contribution in [-0.4, -0.2) is 6.54 Å². The Morgan fingerprint density at radius 1 is 1.30 bits per heavy atom. The minimum absolute atomic E-state index is 0.116. The van der Waals surface area contributed by atoms with E-state index in [1.807, 2.05) is 6.07 Å². The average molecular weight is 289 g/mol. The zero-order chi connectivity index (χ0) is 13.9. The van der Waals surface area contributed by atoms with Gasteiger partial charge in [-0.25, -0.2) is 4.39 Å². The molecule has 0 aliphatic carbocycles. The molecule has 3 aromatic rings. The Labute approximate surface area is 121 Å². The van der Waals surface area contributed by atoms with Gasteiger partial charge in [-0.3, -0.25) is 0 Å². The van der Waals surface area contributed by atoms with Crippen LogP contribution < -0.4 is 5.32 Å². The number of hydrogen-bond donors (Lipinski definition) is 1. The lowest BCUT2D eigenvalue weighted by molar-refractivity contribution is 0.435. The molecular formula is C16H16FNOS. The van der Waals surface area contributed by atoms with Crippen molar-refractivity contribution >= 4 is 22.3 Å². The molecule has 104 valence electrons. The summed E-state index contributed by atoms with van der Waals surface area (Å²) in [6.07, 6.45) is 0.875. The molecule has 0 amide bonds. The van der Waals surface area contributed by atoms with E-state index in [-0.39, 0.29) is 11.9 Å². The van der Waals surface area contributed by atoms with Gasteiger partial charge in [0.25, 0.3) is 0 Å². The summed E-state index contributed by atoms with van der Waals surface area (Å²) in [5.74, 6) is 0.626. The van der Waals surface area contributed by atoms with Crippen molar-refractivity contribution in [2.45, 2.75) is 19.4 Å². The van der Waals surface area contributed by atoms with Gasteiger partial charge in [0.15, 0.2) is 0 Å². The van der Waals surface area contributed by atoms with Crippen LogP contribution in [0.4, 0.5) is 4.39 Å². The van der Waals surface area contributed by atoms with Crippen LogP contribution in [0.3, 0.4) is 0 Å². The topological polar surface area (TPSA) is 25.2 Å². The van der Waals surface area contributed by atoms with Crippen molar-refractivity contribution in [1.82, 2.24) is 5.32 Å². The van der Waals surface area contributed by atoms with Crippen molar-refractivity contribution in [3.05, 3.63) is 58.2 Å². The zero-order valence-electron chi connectivity index (χ0n) is 11.2. The molecular weight excluding hydrogens is 273 g/mol. The van der Waals surface area contributed by atoms with Gasteiger partial charge in [-0.15, -0.1) is 0 Å². The van der Waals surface area contributed by atoms with Crippen molar-refractivity contribution < 1.29 is 8.81 Å². The number of benzene rings is 1. The molecule has 20 heavy (non-hydrogen) atoms. The zero-order valence-corrected chi connectivity index (χ0v) is 12.0. The highest BCUT2D eigenvalue weighted by molar-refractivity contribution is 7.07. The van der Waals surface area contributed by atoms with Crippen molar-refractivity contribution in [3.8, 4) is 0 Å². The first-order valence-electron chi connectivity index (χ1n) is 6.69. The van der Waals surface area contributed by atoms with Crippen LogP contribution in [0.15, 0.2) is 45.5 Å². The number of hydrogen-bond acceptors (Lipinski definition) is 3. The van der Waals surface area contributed by atoms with Crippen molar-refractivity contribution in [3.63, 3.8) is 0 Å². The molecule has 1 unspecified atom stereocenters. The summed E-state index contributed by atoms with van der Waals surface area (Å²) in [5, 5.41) is 8.46. The lowest BCUT2D eigenvalue weighted by Gasteiger charge is -2.14. The van der Waals surface area contributed by atoms with E-state index < -0.39 is 0 Å². The van der Waals surface area contributed by atoms with Crippen LogP contribution in [0.1, 0.15) is 24.3 Å². The maximum Gasteiger partial charge on any atom is 0.134 e. The summed E-state index contributed by atoms with van der Waals surface area (Å²) in [7, 11) is 0. The number of rotatable bonds is 5. The van der Waals surface area contributed by atoms with E-state index in [4.69, 9.17) is 4.42 Å². The summed E-state index contributed by atoms with van der Waals surface area (Å²) in [5.41, 5.74) is 2.02. The molecule has 0 aliphatic rings. The molecule has 0 aliphatic heterocycles. The molecule has 0 spiro atoms. The fraction of sp³-hybridized carbons (Fsp3) is 0.250. The second kappa shape index (κ2) is 5.77. The molecule has 0 saturated carbocycles. The highest BCUT2D eigenvalue weighted by Crippen LogP contribution is 2.27. The highest BCUT2D eigenvalue weighted by atomic mass is 32.1. The molecule has 0 fully saturated rings. The second-order valence-electron chi connectivity index (χ2n) is 4.78. The third kappa shape index (κ3) is 2.76. The van der Waals surface area contributed by atoms with Gasteiger partial charge >= 0.3 is 0 Å². The van der Waals surface area contributed by atoms with Gasteiger partial charge in [0.1, 0.15) is 17.2 Å². The molecule has 1 atom stereocenters. The number of likely N-dealkylation sites (N-methyl/N-ethyl adjacent to an activating group) is 1. The van der Waals surface area contributed by atoms with Gasteiger partial charge in [0.05, 0.1) is 6.04 Å². The van der Waals surface area contributed by atoms with E-state index in [1.165, 1.54) is 17.7 Å². The molecule has 4 heteroatoms. The molecule has 1 N–H and O–H groups in total. The number of thiophene rings is 1. The Kier molecular flexibility index (Phi) is 3.85. The largest absolute Gasteiger partial charge is 0.459 e. The molecule has 1 aromatic carbocycles. The molecule has 2 aromatic heterocycles. The molecule has 0 radical (unpaired) electrons. The van der Waals surface area contributed by atoms with E-state index in [0.717, 1.165) is 29.7 Å². The third-order valence-corrected chi connectivity index (χ3v) is 4.04. The lowest BCUT2D eigenvalue weighted by Crippen LogP contribution is -2.22. The fourth-order valence-corrected chi connectivity index (χ4v) is 3.05. The highest BCUT2D eigenvalue weighted by Gasteiger charge is 2.16. The van der Waals surface area contributed by atoms with Crippen LogP contribution in [0, 0.1) is 5.82 Å². The van der Waals surface area contributed by atoms with Gasteiger partial charge < -0.3 is 9.73 Å². The summed E-state index contributed by atoms with van der Waals surface area (Å²) >= 11 is 1.69. The predicted molar refractivity (Wildman–Crippen MR) is 80.6 cm³/mol. The first-order valence-corrected chi connectivity index (χ1v) is 7.64. The van der Waals surface area contributed by atoms with E-state index in [0.29, 0.717) is 0 Å². The molecule has 0 saturated heterocycles. The van der Waals surface area contributed by atoms with E-state index >= 15 is 0 Å². The van der Waals surface area contributed by atoms with E-state index in [1.54, 1.807) is 17.4 Å². The van der Waals surface area contributed by atoms with Crippen molar-refractivity contribution in [2.75, 3.05) is 6.54 Å². The Bertz CT molecular complexity index is 690. The predicted octanol–water partition coefficient (Wildman–Crippen LogP) is 4.53. The number of nitrogens with one attached hydrogen (secondary N) is 1. The van der Waals surface area contributed by atoms with Crippen molar-refractivity contribution in [1.29, 1.82) is 0 Å². The molecule has 2 heterocycles. The fourth-order valence-electron chi connectivity index (χ4n) is 2.37. The monoisotopic (exact) mass is 289 g/mol. The smallest absolute Gasteiger partial charge is 0.134 e. The molecule has 0 bridgehead atoms. The molecule has 2 nitrogen and oxygen atoms in total. The quantitative estimate of drug-likeness (QED) is 0.746. The number of furan rings is 1. The molecule has 3 rings (SSSR count). The number of fused-ring (bicyclic) bond motifs is 1. The Balaban J connectivity index is 1.92. The van der Waals surface area contributed by atoms with Crippen LogP contribution in [-0.2, 0) is 6.42 Å². The summed E-state index contributed by atoms with van der Waals surface area (Å²) in [6.45, 7) is 2.93. The second-order valence-corrected chi connectivity index (χ2v) is 5.56. The van der Waals surface area contributed by atoms with E-state index in [2.05, 4.69) is 29.1 Å². The van der Waals surface area contributed by atoms with Crippen LogP contribution in [0.2, 0.25) is 0 Å². The Hall–Kier alpha value is -1.65. The third-order valence-electron chi connectivity index (χ3n) is 3.31. The van der Waals surface area contributed by atoms with Gasteiger partial charge in [-0.2, -0.15) is 11.3 Å². The average Bonchev–Trinajstić information content (AvgIpc) is 3.06. The minimum Gasteiger partial charge on any atom is -0.459 e. The van der Waals surface area contributed by atoms with Gasteiger partial charge in [-0.05, 0) is 59.6 Å². The normalized spacial score (nSPS) is 12.9.